The molecule has 2 N–H and O–H groups in total. The molecule has 1 aromatic carbocycles. The van der Waals surface area contributed by atoms with Crippen LogP contribution in [-0.2, 0) is 19.1 Å². The molecular formula is C21H25N3O6. The Morgan fingerprint density at radius 1 is 1.13 bits per heavy atom. The summed E-state index contributed by atoms with van der Waals surface area (Å²) in [5.41, 5.74) is 1.72. The van der Waals surface area contributed by atoms with E-state index in [-0.39, 0.29) is 18.6 Å². The van der Waals surface area contributed by atoms with Gasteiger partial charge in [-0.1, -0.05) is 37.3 Å². The van der Waals surface area contributed by atoms with Crippen LogP contribution in [0.15, 0.2) is 30.3 Å². The molecule has 2 aliphatic rings. The number of imide groups is 1. The fourth-order valence-electron chi connectivity index (χ4n) is 3.67. The van der Waals surface area contributed by atoms with Crippen molar-refractivity contribution in [3.05, 3.63) is 35.9 Å². The summed E-state index contributed by atoms with van der Waals surface area (Å²) in [6.07, 6.45) is 2.45. The lowest BCUT2D eigenvalue weighted by Crippen LogP contribution is -2.52. The average Bonchev–Trinajstić information content (AvgIpc) is 2.97. The maximum atomic E-state index is 12.7. The molecule has 1 saturated heterocycles. The van der Waals surface area contributed by atoms with Gasteiger partial charge in [0.15, 0.2) is 12.4 Å². The summed E-state index contributed by atoms with van der Waals surface area (Å²) in [4.78, 5) is 60.7. The van der Waals surface area contributed by atoms with Crippen LogP contribution in [0.2, 0.25) is 0 Å². The van der Waals surface area contributed by atoms with Crippen LogP contribution in [0, 0.1) is 5.92 Å². The third-order valence-electron chi connectivity index (χ3n) is 5.54. The van der Waals surface area contributed by atoms with Gasteiger partial charge in [0.1, 0.15) is 5.54 Å². The highest BCUT2D eigenvalue weighted by molar-refractivity contribution is 6.08. The Morgan fingerprint density at radius 2 is 1.80 bits per heavy atom. The number of nitrogens with zero attached hydrogens (tertiary/aromatic N) is 1. The van der Waals surface area contributed by atoms with Crippen LogP contribution in [0.25, 0.3) is 0 Å². The SMILES string of the molecule is CC1CCC2(CC1)NC(=O)N(NC(=O)COC(=O)CCC(=O)c1ccccc1)C2=O. The third-order valence-corrected chi connectivity index (χ3v) is 5.54. The second-order valence-electron chi connectivity index (χ2n) is 7.82. The standard InChI is InChI=1S/C21H25N3O6/c1-14-9-11-21(12-10-14)19(28)24(20(29)22-21)23-17(26)13-30-18(27)8-7-16(25)15-5-3-2-4-6-15/h2-6,14H,7-13H2,1H3,(H,22,29)(H,23,26). The van der Waals surface area contributed by atoms with E-state index in [9.17, 15) is 24.0 Å². The fourth-order valence-corrected chi connectivity index (χ4v) is 3.67. The summed E-state index contributed by atoms with van der Waals surface area (Å²) in [5.74, 6) is -1.74. The van der Waals surface area contributed by atoms with Crippen molar-refractivity contribution < 1.29 is 28.7 Å². The van der Waals surface area contributed by atoms with E-state index in [0.29, 0.717) is 29.3 Å². The molecule has 1 heterocycles. The Bertz CT molecular complexity index is 846. The first-order valence-corrected chi connectivity index (χ1v) is 10.0. The van der Waals surface area contributed by atoms with E-state index in [0.717, 1.165) is 12.8 Å². The van der Waals surface area contributed by atoms with Crippen molar-refractivity contribution in [3.63, 3.8) is 0 Å². The fraction of sp³-hybridized carbons (Fsp3) is 0.476. The normalized spacial score (nSPS) is 23.2. The van der Waals surface area contributed by atoms with Crippen molar-refractivity contribution in [2.45, 2.75) is 51.0 Å². The first-order valence-electron chi connectivity index (χ1n) is 10.0. The molecule has 1 saturated carbocycles. The number of benzene rings is 1. The Balaban J connectivity index is 1.43. The second kappa shape index (κ2) is 9.06. The topological polar surface area (TPSA) is 122 Å². The van der Waals surface area contributed by atoms with Gasteiger partial charge in [-0.2, -0.15) is 5.01 Å². The molecule has 4 amide bonds. The number of rotatable bonds is 7. The molecule has 9 heteroatoms. The Hall–Kier alpha value is -3.23. The molecule has 160 valence electrons. The number of amides is 4. The quantitative estimate of drug-likeness (QED) is 0.397. The van der Waals surface area contributed by atoms with Gasteiger partial charge in [-0.3, -0.25) is 24.6 Å². The molecule has 9 nitrogen and oxygen atoms in total. The van der Waals surface area contributed by atoms with Crippen molar-refractivity contribution in [1.29, 1.82) is 0 Å². The monoisotopic (exact) mass is 415 g/mol. The molecule has 1 aliphatic heterocycles. The predicted molar refractivity (Wildman–Crippen MR) is 105 cm³/mol. The van der Waals surface area contributed by atoms with Crippen molar-refractivity contribution in [2.24, 2.45) is 5.92 Å². The van der Waals surface area contributed by atoms with Crippen molar-refractivity contribution in [2.75, 3.05) is 6.61 Å². The van der Waals surface area contributed by atoms with Gasteiger partial charge in [-0.15, -0.1) is 0 Å². The molecular weight excluding hydrogens is 390 g/mol. The molecule has 0 bridgehead atoms. The van der Waals surface area contributed by atoms with Crippen molar-refractivity contribution in [3.8, 4) is 0 Å². The minimum atomic E-state index is -0.967. The zero-order valence-corrected chi connectivity index (χ0v) is 16.8. The van der Waals surface area contributed by atoms with E-state index in [1.165, 1.54) is 0 Å². The van der Waals surface area contributed by atoms with Gasteiger partial charge in [0, 0.05) is 12.0 Å². The first-order chi connectivity index (χ1) is 14.3. The van der Waals surface area contributed by atoms with Gasteiger partial charge in [0.05, 0.1) is 6.42 Å². The van der Waals surface area contributed by atoms with Gasteiger partial charge in [-0.25, -0.2) is 4.79 Å². The van der Waals surface area contributed by atoms with Crippen molar-refractivity contribution >= 4 is 29.6 Å². The summed E-state index contributed by atoms with van der Waals surface area (Å²) in [5, 5.41) is 3.34. The van der Waals surface area contributed by atoms with Crippen LogP contribution in [0.5, 0.6) is 0 Å². The first kappa shape index (κ1) is 21.5. The van der Waals surface area contributed by atoms with Crippen LogP contribution in [-0.4, -0.2) is 46.8 Å². The highest BCUT2D eigenvalue weighted by Crippen LogP contribution is 2.35. The number of nitrogens with one attached hydrogen (secondary N) is 2. The maximum Gasteiger partial charge on any atom is 0.344 e. The number of urea groups is 1. The largest absolute Gasteiger partial charge is 0.455 e. The lowest BCUT2D eigenvalue weighted by atomic mass is 9.77. The predicted octanol–water partition coefficient (Wildman–Crippen LogP) is 1.72. The zero-order chi connectivity index (χ0) is 21.7. The van der Waals surface area contributed by atoms with Crippen LogP contribution >= 0.6 is 0 Å². The molecule has 1 spiro atoms. The van der Waals surface area contributed by atoms with Gasteiger partial charge in [-0.05, 0) is 31.6 Å². The lowest BCUT2D eigenvalue weighted by Gasteiger charge is -2.33. The summed E-state index contributed by atoms with van der Waals surface area (Å²) in [6, 6.07) is 7.85. The van der Waals surface area contributed by atoms with E-state index in [1.807, 2.05) is 0 Å². The Morgan fingerprint density at radius 3 is 2.47 bits per heavy atom. The van der Waals surface area contributed by atoms with E-state index >= 15 is 0 Å². The molecule has 30 heavy (non-hydrogen) atoms. The number of hydrazine groups is 1. The minimum absolute atomic E-state index is 0.0432. The highest BCUT2D eigenvalue weighted by atomic mass is 16.5. The number of carbonyl (C=O) groups is 5. The van der Waals surface area contributed by atoms with E-state index in [1.54, 1.807) is 30.3 Å². The molecule has 0 atom stereocenters. The van der Waals surface area contributed by atoms with Gasteiger partial charge < -0.3 is 10.1 Å². The molecule has 1 aromatic rings. The van der Waals surface area contributed by atoms with E-state index in [2.05, 4.69) is 17.7 Å². The molecule has 0 unspecified atom stereocenters. The number of Topliss-reactive ketones (excluding diaryl/α,β-unsaturated/α-hetero) is 1. The maximum absolute atomic E-state index is 12.7. The number of esters is 1. The van der Waals surface area contributed by atoms with E-state index in [4.69, 9.17) is 4.74 Å². The number of hydrogen-bond donors (Lipinski definition) is 2. The number of ketones is 1. The van der Waals surface area contributed by atoms with Crippen molar-refractivity contribution in [1.82, 2.24) is 15.8 Å². The smallest absolute Gasteiger partial charge is 0.344 e. The highest BCUT2D eigenvalue weighted by Gasteiger charge is 2.52. The summed E-state index contributed by atoms with van der Waals surface area (Å²) in [7, 11) is 0. The minimum Gasteiger partial charge on any atom is -0.455 e. The molecule has 0 aromatic heterocycles. The summed E-state index contributed by atoms with van der Waals surface area (Å²) < 4.78 is 4.85. The van der Waals surface area contributed by atoms with Crippen LogP contribution in [0.4, 0.5) is 4.79 Å². The van der Waals surface area contributed by atoms with Gasteiger partial charge in [0.25, 0.3) is 11.8 Å². The molecule has 3 rings (SSSR count). The number of ether oxygens (including phenoxy) is 1. The third kappa shape index (κ3) is 4.84. The summed E-state index contributed by atoms with van der Waals surface area (Å²) >= 11 is 0. The number of carbonyl (C=O) groups excluding carboxylic acids is 5. The molecule has 2 fully saturated rings. The molecule has 0 radical (unpaired) electrons. The Kier molecular flexibility index (Phi) is 6.49. The second-order valence-corrected chi connectivity index (χ2v) is 7.82. The zero-order valence-electron chi connectivity index (χ0n) is 16.8. The summed E-state index contributed by atoms with van der Waals surface area (Å²) in [6.45, 7) is 1.44. The van der Waals surface area contributed by atoms with Crippen LogP contribution < -0.4 is 10.7 Å². The van der Waals surface area contributed by atoms with Gasteiger partial charge in [0.2, 0.25) is 0 Å². The van der Waals surface area contributed by atoms with E-state index < -0.39 is 36.0 Å². The van der Waals surface area contributed by atoms with Crippen LogP contribution in [0.1, 0.15) is 55.8 Å². The number of hydrogen-bond acceptors (Lipinski definition) is 6. The molecule has 1 aliphatic carbocycles. The average molecular weight is 415 g/mol. The Labute approximate surface area is 174 Å². The van der Waals surface area contributed by atoms with Gasteiger partial charge >= 0.3 is 12.0 Å². The van der Waals surface area contributed by atoms with Crippen LogP contribution in [0.3, 0.4) is 0 Å². The lowest BCUT2D eigenvalue weighted by molar-refractivity contribution is -0.150.